The molecule has 0 amide bonds. The lowest BCUT2D eigenvalue weighted by Gasteiger charge is -2.42. The van der Waals surface area contributed by atoms with Gasteiger partial charge in [-0.2, -0.15) is 17.6 Å². The Hall–Kier alpha value is -2.23. The highest BCUT2D eigenvalue weighted by molar-refractivity contribution is 5.37. The average Bonchev–Trinajstić information content (AvgIpc) is 2.91. The number of rotatable bonds is 9. The Bertz CT molecular complexity index is 1200. The third kappa shape index (κ3) is 6.13. The van der Waals surface area contributed by atoms with E-state index >= 15 is 13.2 Å². The van der Waals surface area contributed by atoms with E-state index in [1.165, 1.54) is 0 Å². The van der Waals surface area contributed by atoms with Crippen molar-refractivity contribution in [2.45, 2.75) is 101 Å². The van der Waals surface area contributed by atoms with E-state index in [9.17, 15) is 26.3 Å². The summed E-state index contributed by atoms with van der Waals surface area (Å²) < 4.78 is 140. The highest BCUT2D eigenvalue weighted by Crippen LogP contribution is 2.52. The fourth-order valence-electron chi connectivity index (χ4n) is 6.40. The van der Waals surface area contributed by atoms with Gasteiger partial charge in [-0.05, 0) is 61.3 Å². The lowest BCUT2D eigenvalue weighted by atomic mass is 9.73. The second-order valence-electron chi connectivity index (χ2n) is 11.5. The van der Waals surface area contributed by atoms with Crippen LogP contribution in [0.4, 0.5) is 39.5 Å². The van der Waals surface area contributed by atoms with Gasteiger partial charge in [-0.15, -0.1) is 0 Å². The Labute approximate surface area is 234 Å². The van der Waals surface area contributed by atoms with Crippen molar-refractivity contribution in [3.8, 4) is 0 Å². The van der Waals surface area contributed by atoms with Crippen LogP contribution in [0.2, 0.25) is 0 Å². The largest absolute Gasteiger partial charge is 0.377 e. The van der Waals surface area contributed by atoms with Crippen LogP contribution in [-0.2, 0) is 23.0 Å². The van der Waals surface area contributed by atoms with E-state index in [0.717, 1.165) is 25.0 Å². The van der Waals surface area contributed by atoms with E-state index in [-0.39, 0.29) is 55.4 Å². The molecule has 1 aliphatic heterocycles. The van der Waals surface area contributed by atoms with E-state index in [1.54, 1.807) is 6.92 Å². The van der Waals surface area contributed by atoms with Crippen LogP contribution in [-0.4, -0.2) is 18.6 Å². The Morgan fingerprint density at radius 3 is 2.17 bits per heavy atom. The van der Waals surface area contributed by atoms with E-state index in [0.29, 0.717) is 31.4 Å². The number of halogens is 9. The average molecular weight is 595 g/mol. The van der Waals surface area contributed by atoms with Crippen LogP contribution in [0, 0.1) is 29.3 Å². The smallest absolute Gasteiger partial charge is 0.342 e. The Morgan fingerprint density at radius 1 is 0.854 bits per heavy atom. The third-order valence-electron chi connectivity index (χ3n) is 8.67. The van der Waals surface area contributed by atoms with Gasteiger partial charge >= 0.3 is 11.8 Å². The summed E-state index contributed by atoms with van der Waals surface area (Å²) in [5.41, 5.74) is -3.50. The van der Waals surface area contributed by atoms with Gasteiger partial charge in [0.1, 0.15) is 5.82 Å². The van der Waals surface area contributed by atoms with E-state index in [2.05, 4.69) is 0 Å². The first-order chi connectivity index (χ1) is 19.2. The second-order valence-corrected chi connectivity index (χ2v) is 11.5. The molecule has 0 radical (unpaired) electrons. The normalized spacial score (nSPS) is 25.3. The minimum absolute atomic E-state index is 0.0527. The van der Waals surface area contributed by atoms with Crippen LogP contribution in [0.25, 0.3) is 0 Å². The molecular weight excluding hydrogens is 559 g/mol. The molecule has 4 atom stereocenters. The number of benzene rings is 2. The van der Waals surface area contributed by atoms with E-state index in [1.807, 2.05) is 6.92 Å². The first-order valence-electron chi connectivity index (χ1n) is 14.3. The van der Waals surface area contributed by atoms with Crippen molar-refractivity contribution in [3.63, 3.8) is 0 Å². The summed E-state index contributed by atoms with van der Waals surface area (Å²) in [6.07, 6.45) is 2.50. The molecule has 2 fully saturated rings. The standard InChI is InChI=1S/C31H35F9O/c1-3-5-18-7-12-23(29(35,36)16-18)26-14-9-20(17-41-26)22-11-13-24(28(34)27(22)33)31(39,40)30(37,38)21-10-8-19(6-4-2)25(32)15-21/h8,10-11,13,15,18,20,23,26H,3-7,9,12,14,16-17H2,1-2H3. The van der Waals surface area contributed by atoms with Crippen LogP contribution in [0.3, 0.4) is 0 Å². The van der Waals surface area contributed by atoms with Crippen LogP contribution in [0.1, 0.15) is 93.4 Å². The van der Waals surface area contributed by atoms with Crippen molar-refractivity contribution in [2.75, 3.05) is 6.61 Å². The molecule has 0 aromatic heterocycles. The zero-order valence-corrected chi connectivity index (χ0v) is 23.1. The third-order valence-corrected chi connectivity index (χ3v) is 8.67. The highest BCUT2D eigenvalue weighted by atomic mass is 19.3. The predicted octanol–water partition coefficient (Wildman–Crippen LogP) is 10.1. The summed E-state index contributed by atoms with van der Waals surface area (Å²) in [6.45, 7) is 3.44. The highest BCUT2D eigenvalue weighted by Gasteiger charge is 2.60. The molecule has 1 heterocycles. The lowest BCUT2D eigenvalue weighted by Crippen LogP contribution is -2.45. The first-order valence-corrected chi connectivity index (χ1v) is 14.3. The maximum atomic E-state index is 15.1. The molecular formula is C31H35F9O. The van der Waals surface area contributed by atoms with Gasteiger partial charge in [0.2, 0.25) is 0 Å². The van der Waals surface area contributed by atoms with Crippen molar-refractivity contribution in [2.24, 2.45) is 11.8 Å². The fourth-order valence-corrected chi connectivity index (χ4v) is 6.40. The molecule has 1 aliphatic carbocycles. The van der Waals surface area contributed by atoms with E-state index in [4.69, 9.17) is 4.74 Å². The number of alkyl halides is 6. The Kier molecular flexibility index (Phi) is 9.41. The minimum atomic E-state index is -5.20. The summed E-state index contributed by atoms with van der Waals surface area (Å²) in [5.74, 6) is -20.0. The number of hydrogen-bond acceptors (Lipinski definition) is 1. The van der Waals surface area contributed by atoms with Gasteiger partial charge in [0.25, 0.3) is 5.92 Å². The second kappa shape index (κ2) is 12.2. The van der Waals surface area contributed by atoms with E-state index < -0.39 is 64.3 Å². The topological polar surface area (TPSA) is 9.23 Å². The summed E-state index contributed by atoms with van der Waals surface area (Å²) in [5, 5.41) is 0. The zero-order chi connectivity index (χ0) is 30.2. The van der Waals surface area contributed by atoms with Gasteiger partial charge in [0, 0.05) is 23.8 Å². The van der Waals surface area contributed by atoms with Gasteiger partial charge in [-0.1, -0.05) is 51.3 Å². The van der Waals surface area contributed by atoms with Gasteiger partial charge in [-0.3, -0.25) is 0 Å². The molecule has 0 spiro atoms. The molecule has 0 bridgehead atoms. The number of ether oxygens (including phenoxy) is 1. The fraction of sp³-hybridized carbons (Fsp3) is 0.613. The van der Waals surface area contributed by atoms with Crippen molar-refractivity contribution in [1.29, 1.82) is 0 Å². The monoisotopic (exact) mass is 594 g/mol. The summed E-state index contributed by atoms with van der Waals surface area (Å²) in [7, 11) is 0. The quantitative estimate of drug-likeness (QED) is 0.263. The van der Waals surface area contributed by atoms with Crippen LogP contribution in [0.5, 0.6) is 0 Å². The van der Waals surface area contributed by atoms with Gasteiger partial charge in [0.15, 0.2) is 11.6 Å². The molecule has 41 heavy (non-hydrogen) atoms. The molecule has 4 rings (SSSR count). The summed E-state index contributed by atoms with van der Waals surface area (Å²) in [6, 6.07) is 3.12. The van der Waals surface area contributed by atoms with Crippen LogP contribution < -0.4 is 0 Å². The van der Waals surface area contributed by atoms with Gasteiger partial charge in [-0.25, -0.2) is 22.0 Å². The Morgan fingerprint density at radius 2 is 1.59 bits per heavy atom. The lowest BCUT2D eigenvalue weighted by molar-refractivity contribution is -0.225. The van der Waals surface area contributed by atoms with Crippen molar-refractivity contribution >= 4 is 0 Å². The Balaban J connectivity index is 1.50. The SMILES string of the molecule is CCCc1ccc(C(F)(F)C(F)(F)c2ccc(C3CCC(C4CCC(CCC)CC4(F)F)OC3)c(F)c2F)cc1F. The minimum Gasteiger partial charge on any atom is -0.377 e. The van der Waals surface area contributed by atoms with Gasteiger partial charge < -0.3 is 4.74 Å². The zero-order valence-electron chi connectivity index (χ0n) is 23.1. The molecule has 2 aliphatic rings. The van der Waals surface area contributed by atoms with Crippen molar-refractivity contribution in [1.82, 2.24) is 0 Å². The summed E-state index contributed by atoms with van der Waals surface area (Å²) >= 11 is 0. The number of hydrogen-bond donors (Lipinski definition) is 0. The van der Waals surface area contributed by atoms with Crippen molar-refractivity contribution < 1.29 is 44.3 Å². The summed E-state index contributed by atoms with van der Waals surface area (Å²) in [4.78, 5) is 0. The molecule has 228 valence electrons. The molecule has 2 aromatic rings. The molecule has 10 heteroatoms. The molecule has 0 N–H and O–H groups in total. The molecule has 1 nitrogen and oxygen atoms in total. The molecule has 4 unspecified atom stereocenters. The predicted molar refractivity (Wildman–Crippen MR) is 137 cm³/mol. The molecule has 1 saturated heterocycles. The number of aryl methyl sites for hydroxylation is 1. The maximum Gasteiger partial charge on any atom is 0.342 e. The maximum absolute atomic E-state index is 15.1. The van der Waals surface area contributed by atoms with Crippen LogP contribution >= 0.6 is 0 Å². The van der Waals surface area contributed by atoms with Crippen molar-refractivity contribution in [3.05, 3.63) is 70.0 Å². The van der Waals surface area contributed by atoms with Gasteiger partial charge in [0.05, 0.1) is 18.3 Å². The first kappa shape index (κ1) is 31.7. The van der Waals surface area contributed by atoms with Crippen LogP contribution in [0.15, 0.2) is 30.3 Å². The molecule has 1 saturated carbocycles. The molecule has 2 aromatic carbocycles.